The van der Waals surface area contributed by atoms with Crippen LogP contribution >= 0.6 is 27.3 Å². The third-order valence-electron chi connectivity index (χ3n) is 7.00. The topological polar surface area (TPSA) is 51.8 Å². The van der Waals surface area contributed by atoms with Gasteiger partial charge in [-0.05, 0) is 42.5 Å². The van der Waals surface area contributed by atoms with E-state index in [2.05, 4.69) is 70.5 Å². The molecule has 0 saturated heterocycles. The van der Waals surface area contributed by atoms with Gasteiger partial charge in [0.2, 0.25) is 0 Å². The fourth-order valence-corrected chi connectivity index (χ4v) is 6.67. The lowest BCUT2D eigenvalue weighted by Crippen LogP contribution is -2.00. The van der Waals surface area contributed by atoms with E-state index in [1.807, 2.05) is 54.6 Å². The number of halogens is 1. The summed E-state index contributed by atoms with van der Waals surface area (Å²) >= 11 is 5.43. The quantitative estimate of drug-likeness (QED) is 0.207. The number of hydrogen-bond acceptors (Lipinski definition) is 5. The molecule has 3 aromatic heterocycles. The molecule has 4 nitrogen and oxygen atoms in total. The average molecular weight is 584 g/mol. The standard InChI is InChI=1S/C33H18BrN3OS/c34-21-14-16-28-25(18-21)30-24(10-6-12-29(30)39-28)33-36-31(19-7-2-1-3-8-19)35-32(37-33)20-13-15-23-22-9-4-5-11-26(22)38-27(23)17-20/h1-18H. The second-order valence-corrected chi connectivity index (χ2v) is 11.4. The number of para-hydroxylation sites is 1. The van der Waals surface area contributed by atoms with Gasteiger partial charge in [0.05, 0.1) is 0 Å². The zero-order valence-electron chi connectivity index (χ0n) is 20.4. The van der Waals surface area contributed by atoms with Crippen molar-refractivity contribution in [3.63, 3.8) is 0 Å². The molecule has 8 aromatic rings. The van der Waals surface area contributed by atoms with Gasteiger partial charge in [-0.3, -0.25) is 0 Å². The molecule has 0 saturated carbocycles. The number of aromatic nitrogens is 3. The van der Waals surface area contributed by atoms with Crippen LogP contribution in [0.25, 0.3) is 76.3 Å². The lowest BCUT2D eigenvalue weighted by atomic mass is 10.1. The Labute approximate surface area is 235 Å². The smallest absolute Gasteiger partial charge is 0.164 e. The van der Waals surface area contributed by atoms with Gasteiger partial charge in [-0.2, -0.15) is 0 Å². The molecule has 0 unspecified atom stereocenters. The Bertz CT molecular complexity index is 2200. The second-order valence-electron chi connectivity index (χ2n) is 9.40. The molecule has 0 radical (unpaired) electrons. The second kappa shape index (κ2) is 8.83. The van der Waals surface area contributed by atoms with Crippen LogP contribution in [0.15, 0.2) is 118 Å². The van der Waals surface area contributed by atoms with E-state index in [1.165, 1.54) is 14.8 Å². The maximum Gasteiger partial charge on any atom is 0.164 e. The summed E-state index contributed by atoms with van der Waals surface area (Å²) < 4.78 is 9.65. The van der Waals surface area contributed by atoms with Crippen LogP contribution in [-0.4, -0.2) is 15.0 Å². The minimum Gasteiger partial charge on any atom is -0.456 e. The van der Waals surface area contributed by atoms with E-state index in [1.54, 1.807) is 11.3 Å². The number of fused-ring (bicyclic) bond motifs is 6. The minimum absolute atomic E-state index is 0.610. The number of thiophene rings is 1. The number of benzene rings is 5. The van der Waals surface area contributed by atoms with Crippen molar-refractivity contribution in [2.75, 3.05) is 0 Å². The van der Waals surface area contributed by atoms with Crippen LogP contribution in [-0.2, 0) is 0 Å². The Kier molecular flexibility index (Phi) is 5.11. The summed E-state index contributed by atoms with van der Waals surface area (Å²) in [6.45, 7) is 0. The van der Waals surface area contributed by atoms with Crippen molar-refractivity contribution in [3.05, 3.63) is 114 Å². The van der Waals surface area contributed by atoms with Gasteiger partial charge >= 0.3 is 0 Å². The molecule has 0 fully saturated rings. The third-order valence-corrected chi connectivity index (χ3v) is 8.63. The SMILES string of the molecule is Brc1ccc2sc3cccc(-c4nc(-c5ccccc5)nc(-c5ccc6c(c5)oc5ccccc56)n4)c3c2c1. The zero-order valence-corrected chi connectivity index (χ0v) is 22.8. The first-order valence-electron chi connectivity index (χ1n) is 12.6. The van der Waals surface area contributed by atoms with Gasteiger partial charge in [-0.1, -0.05) is 82.7 Å². The highest BCUT2D eigenvalue weighted by Gasteiger charge is 2.18. The van der Waals surface area contributed by atoms with E-state index in [0.717, 1.165) is 48.5 Å². The first kappa shape index (κ1) is 22.6. The molecule has 0 spiro atoms. The molecule has 184 valence electrons. The molecule has 0 bridgehead atoms. The van der Waals surface area contributed by atoms with Gasteiger partial charge in [0.1, 0.15) is 11.2 Å². The normalized spacial score (nSPS) is 11.7. The molecule has 6 heteroatoms. The van der Waals surface area contributed by atoms with Crippen molar-refractivity contribution < 1.29 is 4.42 Å². The summed E-state index contributed by atoms with van der Waals surface area (Å²) in [7, 11) is 0. The molecule has 0 atom stereocenters. The summed E-state index contributed by atoms with van der Waals surface area (Å²) in [5.74, 6) is 1.89. The Balaban J connectivity index is 1.39. The number of rotatable bonds is 3. The van der Waals surface area contributed by atoms with Gasteiger partial charge in [-0.15, -0.1) is 11.3 Å². The Morgan fingerprint density at radius 3 is 2.21 bits per heavy atom. The minimum atomic E-state index is 0.610. The van der Waals surface area contributed by atoms with Crippen molar-refractivity contribution in [1.29, 1.82) is 0 Å². The molecule has 0 aliphatic carbocycles. The van der Waals surface area contributed by atoms with Gasteiger partial charge in [0, 0.05) is 52.1 Å². The molecule has 39 heavy (non-hydrogen) atoms. The van der Waals surface area contributed by atoms with Crippen LogP contribution in [0.4, 0.5) is 0 Å². The lowest BCUT2D eigenvalue weighted by molar-refractivity contribution is 0.669. The highest BCUT2D eigenvalue weighted by molar-refractivity contribution is 9.10. The molecule has 0 amide bonds. The first-order valence-corrected chi connectivity index (χ1v) is 14.2. The van der Waals surface area contributed by atoms with Crippen LogP contribution in [0.2, 0.25) is 0 Å². The van der Waals surface area contributed by atoms with E-state index in [0.29, 0.717) is 17.5 Å². The molecular weight excluding hydrogens is 566 g/mol. The Morgan fingerprint density at radius 1 is 0.538 bits per heavy atom. The lowest BCUT2D eigenvalue weighted by Gasteiger charge is -2.09. The third kappa shape index (κ3) is 3.75. The molecule has 3 heterocycles. The average Bonchev–Trinajstić information content (AvgIpc) is 3.55. The van der Waals surface area contributed by atoms with E-state index >= 15 is 0 Å². The Morgan fingerprint density at radius 2 is 1.31 bits per heavy atom. The van der Waals surface area contributed by atoms with Gasteiger partial charge in [0.15, 0.2) is 17.5 Å². The van der Waals surface area contributed by atoms with Crippen LogP contribution in [0.1, 0.15) is 0 Å². The van der Waals surface area contributed by atoms with E-state index in [4.69, 9.17) is 19.4 Å². The van der Waals surface area contributed by atoms with Crippen LogP contribution < -0.4 is 0 Å². The van der Waals surface area contributed by atoms with E-state index < -0.39 is 0 Å². The predicted molar refractivity (Wildman–Crippen MR) is 164 cm³/mol. The number of nitrogens with zero attached hydrogens (tertiary/aromatic N) is 3. The largest absolute Gasteiger partial charge is 0.456 e. The van der Waals surface area contributed by atoms with Gasteiger partial charge < -0.3 is 4.42 Å². The van der Waals surface area contributed by atoms with Crippen LogP contribution in [0.3, 0.4) is 0 Å². The van der Waals surface area contributed by atoms with Crippen LogP contribution in [0.5, 0.6) is 0 Å². The van der Waals surface area contributed by atoms with E-state index in [-0.39, 0.29) is 0 Å². The zero-order chi connectivity index (χ0) is 25.9. The highest BCUT2D eigenvalue weighted by atomic mass is 79.9. The number of hydrogen-bond donors (Lipinski definition) is 0. The van der Waals surface area contributed by atoms with Crippen molar-refractivity contribution in [2.24, 2.45) is 0 Å². The predicted octanol–water partition coefficient (Wildman–Crippen LogP) is 9.90. The molecule has 0 aliphatic rings. The summed E-state index contributed by atoms with van der Waals surface area (Å²) in [4.78, 5) is 15.0. The van der Waals surface area contributed by atoms with Gasteiger partial charge in [-0.25, -0.2) is 15.0 Å². The van der Waals surface area contributed by atoms with Crippen molar-refractivity contribution in [1.82, 2.24) is 15.0 Å². The van der Waals surface area contributed by atoms with Gasteiger partial charge in [0.25, 0.3) is 0 Å². The molecule has 8 rings (SSSR count). The van der Waals surface area contributed by atoms with Crippen molar-refractivity contribution >= 4 is 69.4 Å². The summed E-state index contributed by atoms with van der Waals surface area (Å²) in [5, 5.41) is 4.52. The maximum absolute atomic E-state index is 6.18. The van der Waals surface area contributed by atoms with E-state index in [9.17, 15) is 0 Å². The molecule has 5 aromatic carbocycles. The molecule has 0 N–H and O–H groups in total. The number of furan rings is 1. The maximum atomic E-state index is 6.18. The Hall–Kier alpha value is -4.39. The first-order chi connectivity index (χ1) is 19.2. The molecular formula is C33H18BrN3OS. The summed E-state index contributed by atoms with van der Waals surface area (Å²) in [6.07, 6.45) is 0. The molecule has 0 aliphatic heterocycles. The van der Waals surface area contributed by atoms with Crippen molar-refractivity contribution in [3.8, 4) is 34.2 Å². The summed E-state index contributed by atoms with van der Waals surface area (Å²) in [5.41, 5.74) is 4.49. The monoisotopic (exact) mass is 583 g/mol. The highest BCUT2D eigenvalue weighted by Crippen LogP contribution is 2.41. The summed E-state index contributed by atoms with van der Waals surface area (Å²) in [6, 6.07) is 37.1. The fraction of sp³-hybridized carbons (Fsp3) is 0. The van der Waals surface area contributed by atoms with Crippen molar-refractivity contribution in [2.45, 2.75) is 0 Å². The fourth-order valence-electron chi connectivity index (χ4n) is 5.19. The van der Waals surface area contributed by atoms with Crippen LogP contribution in [0, 0.1) is 0 Å².